The van der Waals surface area contributed by atoms with Gasteiger partial charge >= 0.3 is 0 Å². The molecule has 16 heavy (non-hydrogen) atoms. The molecule has 2 N–H and O–H groups in total. The van der Waals surface area contributed by atoms with Gasteiger partial charge in [0, 0.05) is 36.6 Å². The van der Waals surface area contributed by atoms with Crippen molar-refractivity contribution in [1.29, 1.82) is 0 Å². The predicted molar refractivity (Wildman–Crippen MR) is 64.3 cm³/mol. The molecule has 4 unspecified atom stereocenters. The Balaban J connectivity index is 1.94. The number of hydrogen-bond acceptors (Lipinski definition) is 3. The minimum absolute atomic E-state index is 0.254. The number of nitrogens with one attached hydrogen (secondary N) is 1. The first-order valence-corrected chi connectivity index (χ1v) is 6.59. The smallest absolute Gasteiger partial charge is 0.0685 e. The van der Waals surface area contributed by atoms with Gasteiger partial charge in [0.1, 0.15) is 0 Å². The number of fused-ring (bicyclic) bond motifs is 1. The third-order valence-electron chi connectivity index (χ3n) is 4.49. The first-order valence-electron chi connectivity index (χ1n) is 6.59. The Kier molecular flexibility index (Phi) is 3.57. The summed E-state index contributed by atoms with van der Waals surface area (Å²) in [6, 6.07) is 1.02. The summed E-state index contributed by atoms with van der Waals surface area (Å²) in [5, 5.41) is 12.7. The summed E-state index contributed by atoms with van der Waals surface area (Å²) in [7, 11) is 0. The second-order valence-electron chi connectivity index (χ2n) is 5.83. The van der Waals surface area contributed by atoms with E-state index in [0.717, 1.165) is 19.4 Å². The van der Waals surface area contributed by atoms with Crippen LogP contribution in [0, 0.1) is 11.3 Å². The molecule has 4 atom stereocenters. The molecule has 1 aliphatic carbocycles. The van der Waals surface area contributed by atoms with E-state index in [9.17, 15) is 0 Å². The summed E-state index contributed by atoms with van der Waals surface area (Å²) in [6.07, 6.45) is 3.60. The Labute approximate surface area is 98.6 Å². The van der Waals surface area contributed by atoms with E-state index >= 15 is 0 Å². The van der Waals surface area contributed by atoms with E-state index in [4.69, 9.17) is 9.84 Å². The van der Waals surface area contributed by atoms with Crippen molar-refractivity contribution in [2.45, 2.75) is 58.2 Å². The van der Waals surface area contributed by atoms with Crippen LogP contribution >= 0.6 is 0 Å². The van der Waals surface area contributed by atoms with Crippen LogP contribution in [0.25, 0.3) is 0 Å². The number of ether oxygens (including phenoxy) is 1. The van der Waals surface area contributed by atoms with Gasteiger partial charge in [0.15, 0.2) is 0 Å². The van der Waals surface area contributed by atoms with Crippen LogP contribution in [0.1, 0.15) is 40.0 Å². The molecule has 0 bridgehead atoms. The standard InChI is InChI=1S/C13H25NO2/c1-4-9(5-7-15)14-11-10-6-8-16-12(10)13(11,2)3/h9-12,14-15H,4-8H2,1-3H3. The fraction of sp³-hybridized carbons (Fsp3) is 1.00. The van der Waals surface area contributed by atoms with Gasteiger partial charge in [-0.15, -0.1) is 0 Å². The van der Waals surface area contributed by atoms with Gasteiger partial charge in [-0.2, -0.15) is 0 Å². The summed E-state index contributed by atoms with van der Waals surface area (Å²) in [5.41, 5.74) is 0.254. The van der Waals surface area contributed by atoms with E-state index in [-0.39, 0.29) is 12.0 Å². The van der Waals surface area contributed by atoms with Crippen LogP contribution in [0.2, 0.25) is 0 Å². The first-order chi connectivity index (χ1) is 7.61. The summed E-state index contributed by atoms with van der Waals surface area (Å²) in [4.78, 5) is 0. The van der Waals surface area contributed by atoms with Crippen molar-refractivity contribution in [2.75, 3.05) is 13.2 Å². The largest absolute Gasteiger partial charge is 0.396 e. The van der Waals surface area contributed by atoms with Crippen molar-refractivity contribution in [3.8, 4) is 0 Å². The van der Waals surface area contributed by atoms with E-state index < -0.39 is 0 Å². The number of aliphatic hydroxyl groups is 1. The molecule has 2 rings (SSSR count). The summed E-state index contributed by atoms with van der Waals surface area (Å²) in [5.74, 6) is 0.697. The molecule has 0 aromatic heterocycles. The molecule has 2 fully saturated rings. The third kappa shape index (κ3) is 1.89. The zero-order chi connectivity index (χ0) is 11.8. The van der Waals surface area contributed by atoms with Crippen LogP contribution in [0.4, 0.5) is 0 Å². The van der Waals surface area contributed by atoms with Gasteiger partial charge in [-0.05, 0) is 19.3 Å². The SMILES string of the molecule is CCC(CCO)NC1C2CCOC2C1(C)C. The Morgan fingerprint density at radius 3 is 2.88 bits per heavy atom. The fourth-order valence-electron chi connectivity index (χ4n) is 3.48. The molecule has 0 radical (unpaired) electrons. The molecule has 1 saturated heterocycles. The number of aliphatic hydroxyl groups excluding tert-OH is 1. The van der Waals surface area contributed by atoms with Crippen molar-refractivity contribution < 1.29 is 9.84 Å². The summed E-state index contributed by atoms with van der Waals surface area (Å²) < 4.78 is 5.78. The Bertz CT molecular complexity index is 242. The maximum atomic E-state index is 9.02. The fourth-order valence-corrected chi connectivity index (χ4v) is 3.48. The highest BCUT2D eigenvalue weighted by Gasteiger charge is 2.59. The second kappa shape index (κ2) is 4.63. The van der Waals surface area contributed by atoms with E-state index in [1.165, 1.54) is 6.42 Å². The lowest BCUT2D eigenvalue weighted by Gasteiger charge is -2.56. The van der Waals surface area contributed by atoms with Crippen LogP contribution in [0.5, 0.6) is 0 Å². The van der Waals surface area contributed by atoms with Crippen molar-refractivity contribution in [3.05, 3.63) is 0 Å². The maximum absolute atomic E-state index is 9.02. The lowest BCUT2D eigenvalue weighted by atomic mass is 9.57. The zero-order valence-electron chi connectivity index (χ0n) is 10.7. The molecule has 2 aliphatic rings. The zero-order valence-corrected chi connectivity index (χ0v) is 10.7. The summed E-state index contributed by atoms with van der Waals surface area (Å²) >= 11 is 0. The highest BCUT2D eigenvalue weighted by atomic mass is 16.5. The van der Waals surface area contributed by atoms with Crippen LogP contribution in [0.15, 0.2) is 0 Å². The first kappa shape index (κ1) is 12.3. The average molecular weight is 227 g/mol. The Morgan fingerprint density at radius 1 is 1.50 bits per heavy atom. The Hall–Kier alpha value is -0.120. The van der Waals surface area contributed by atoms with Gasteiger partial charge in [0.05, 0.1) is 6.10 Å². The van der Waals surface area contributed by atoms with E-state index in [1.807, 2.05) is 0 Å². The van der Waals surface area contributed by atoms with Gasteiger partial charge < -0.3 is 15.2 Å². The molecule has 3 heteroatoms. The van der Waals surface area contributed by atoms with Gasteiger partial charge in [0.25, 0.3) is 0 Å². The van der Waals surface area contributed by atoms with Crippen LogP contribution in [0.3, 0.4) is 0 Å². The minimum atomic E-state index is 0.254. The molecular formula is C13H25NO2. The number of rotatable bonds is 5. The van der Waals surface area contributed by atoms with Crippen LogP contribution < -0.4 is 5.32 Å². The molecule has 1 saturated carbocycles. The molecule has 3 nitrogen and oxygen atoms in total. The molecule has 0 amide bonds. The average Bonchev–Trinajstić information content (AvgIpc) is 2.70. The number of hydrogen-bond donors (Lipinski definition) is 2. The van der Waals surface area contributed by atoms with E-state index in [1.54, 1.807) is 0 Å². The lowest BCUT2D eigenvalue weighted by molar-refractivity contribution is -0.116. The van der Waals surface area contributed by atoms with Crippen LogP contribution in [-0.4, -0.2) is 36.5 Å². The molecule has 0 aromatic carbocycles. The van der Waals surface area contributed by atoms with Gasteiger partial charge in [-0.1, -0.05) is 20.8 Å². The molecular weight excluding hydrogens is 202 g/mol. The van der Waals surface area contributed by atoms with Crippen LogP contribution in [-0.2, 0) is 4.74 Å². The normalized spacial score (nSPS) is 37.9. The predicted octanol–water partition coefficient (Wildman–Crippen LogP) is 1.55. The molecule has 0 aromatic rings. The van der Waals surface area contributed by atoms with Gasteiger partial charge in [-0.25, -0.2) is 0 Å². The lowest BCUT2D eigenvalue weighted by Crippen LogP contribution is -2.67. The quantitative estimate of drug-likeness (QED) is 0.749. The Morgan fingerprint density at radius 2 is 2.25 bits per heavy atom. The molecule has 94 valence electrons. The maximum Gasteiger partial charge on any atom is 0.0685 e. The van der Waals surface area contributed by atoms with Crippen molar-refractivity contribution in [2.24, 2.45) is 11.3 Å². The van der Waals surface area contributed by atoms with E-state index in [0.29, 0.717) is 24.1 Å². The van der Waals surface area contributed by atoms with Gasteiger partial charge in [0.2, 0.25) is 0 Å². The molecule has 0 spiro atoms. The minimum Gasteiger partial charge on any atom is -0.396 e. The topological polar surface area (TPSA) is 41.5 Å². The highest BCUT2D eigenvalue weighted by Crippen LogP contribution is 2.52. The van der Waals surface area contributed by atoms with Crippen molar-refractivity contribution >= 4 is 0 Å². The van der Waals surface area contributed by atoms with Crippen molar-refractivity contribution in [1.82, 2.24) is 5.32 Å². The third-order valence-corrected chi connectivity index (χ3v) is 4.49. The van der Waals surface area contributed by atoms with Crippen molar-refractivity contribution in [3.63, 3.8) is 0 Å². The monoisotopic (exact) mass is 227 g/mol. The molecule has 1 heterocycles. The molecule has 1 aliphatic heterocycles. The second-order valence-corrected chi connectivity index (χ2v) is 5.83. The van der Waals surface area contributed by atoms with Gasteiger partial charge in [-0.3, -0.25) is 0 Å². The summed E-state index contributed by atoms with van der Waals surface area (Å²) in [6.45, 7) is 7.98. The highest BCUT2D eigenvalue weighted by molar-refractivity contribution is 5.11. The van der Waals surface area contributed by atoms with E-state index in [2.05, 4.69) is 26.1 Å².